The van der Waals surface area contributed by atoms with Crippen LogP contribution in [0.25, 0.3) is 0 Å². The predicted octanol–water partition coefficient (Wildman–Crippen LogP) is -0.0206. The van der Waals surface area contributed by atoms with Gasteiger partial charge in [-0.3, -0.25) is 9.59 Å². The second-order valence-corrected chi connectivity index (χ2v) is 5.48. The Morgan fingerprint density at radius 3 is 2.95 bits per heavy atom. The first kappa shape index (κ1) is 14.1. The Morgan fingerprint density at radius 2 is 2.24 bits per heavy atom. The molecule has 1 aromatic rings. The first-order valence-corrected chi connectivity index (χ1v) is 6.88. The van der Waals surface area contributed by atoms with Crippen molar-refractivity contribution in [2.75, 3.05) is 46.5 Å². The molecule has 21 heavy (non-hydrogen) atoms. The van der Waals surface area contributed by atoms with Gasteiger partial charge in [0.2, 0.25) is 5.91 Å². The normalized spacial score (nSPS) is 27.0. The summed E-state index contributed by atoms with van der Waals surface area (Å²) in [6, 6.07) is 3.32. The van der Waals surface area contributed by atoms with Crippen LogP contribution in [0.5, 0.6) is 0 Å². The van der Waals surface area contributed by atoms with Crippen LogP contribution in [0.15, 0.2) is 22.8 Å². The number of amides is 2. The van der Waals surface area contributed by atoms with Crippen molar-refractivity contribution in [2.45, 2.75) is 5.60 Å². The summed E-state index contributed by atoms with van der Waals surface area (Å²) in [4.78, 5) is 27.3. The Bertz CT molecular complexity index is 529. The smallest absolute Gasteiger partial charge is 0.289 e. The Hall–Kier alpha value is -1.86. The van der Waals surface area contributed by atoms with Crippen molar-refractivity contribution in [3.8, 4) is 0 Å². The van der Waals surface area contributed by atoms with Gasteiger partial charge in [-0.05, 0) is 12.1 Å². The van der Waals surface area contributed by atoms with Gasteiger partial charge in [-0.15, -0.1) is 0 Å². The summed E-state index contributed by atoms with van der Waals surface area (Å²) in [6.45, 7) is 2.09. The molecule has 0 N–H and O–H groups in total. The van der Waals surface area contributed by atoms with E-state index in [0.29, 0.717) is 38.6 Å². The number of likely N-dealkylation sites (N-methyl/N-ethyl adjacent to an activating group) is 1. The highest BCUT2D eigenvalue weighted by atomic mass is 16.6. The molecule has 1 aromatic heterocycles. The number of carbonyl (C=O) groups is 2. The molecule has 0 saturated carbocycles. The number of furan rings is 1. The molecule has 114 valence electrons. The molecular formula is C14H18N2O5. The van der Waals surface area contributed by atoms with Crippen molar-refractivity contribution in [3.63, 3.8) is 0 Å². The lowest BCUT2D eigenvalue weighted by Crippen LogP contribution is -2.60. The highest BCUT2D eigenvalue weighted by Crippen LogP contribution is 2.23. The molecule has 2 fully saturated rings. The monoisotopic (exact) mass is 294 g/mol. The number of ether oxygens (including phenoxy) is 2. The molecule has 1 atom stereocenters. The van der Waals surface area contributed by atoms with Gasteiger partial charge in [0.15, 0.2) is 5.76 Å². The van der Waals surface area contributed by atoms with E-state index in [1.165, 1.54) is 6.26 Å². The zero-order chi connectivity index (χ0) is 14.9. The van der Waals surface area contributed by atoms with Crippen LogP contribution in [0.2, 0.25) is 0 Å². The van der Waals surface area contributed by atoms with E-state index in [2.05, 4.69) is 0 Å². The Morgan fingerprint density at radius 1 is 1.38 bits per heavy atom. The molecule has 0 aromatic carbocycles. The fraction of sp³-hybridized carbons (Fsp3) is 0.571. The largest absolute Gasteiger partial charge is 0.459 e. The van der Waals surface area contributed by atoms with E-state index in [1.807, 2.05) is 0 Å². The first-order valence-electron chi connectivity index (χ1n) is 6.88. The Balaban J connectivity index is 1.77. The predicted molar refractivity (Wildman–Crippen MR) is 71.8 cm³/mol. The maximum atomic E-state index is 12.4. The van der Waals surface area contributed by atoms with E-state index < -0.39 is 5.60 Å². The van der Waals surface area contributed by atoms with Crippen molar-refractivity contribution >= 4 is 11.8 Å². The number of rotatable bonds is 1. The molecule has 3 rings (SSSR count). The van der Waals surface area contributed by atoms with Crippen LogP contribution in [-0.4, -0.2) is 73.7 Å². The van der Waals surface area contributed by atoms with Crippen molar-refractivity contribution in [1.82, 2.24) is 9.80 Å². The molecule has 2 aliphatic heterocycles. The van der Waals surface area contributed by atoms with Gasteiger partial charge in [-0.2, -0.15) is 0 Å². The zero-order valence-electron chi connectivity index (χ0n) is 11.9. The maximum absolute atomic E-state index is 12.4. The highest BCUT2D eigenvalue weighted by Gasteiger charge is 2.43. The standard InChI is InChI=1S/C14H18N2O5/c1-15-8-14(21-7-12(15)17)9-16(4-6-19-10-14)13(18)11-3-2-5-20-11/h2-3,5H,4,6-10H2,1H3. The summed E-state index contributed by atoms with van der Waals surface area (Å²) in [7, 11) is 1.73. The lowest BCUT2D eigenvalue weighted by Gasteiger charge is -2.41. The van der Waals surface area contributed by atoms with Crippen molar-refractivity contribution in [3.05, 3.63) is 24.2 Å². The van der Waals surface area contributed by atoms with Gasteiger partial charge in [-0.25, -0.2) is 0 Å². The molecule has 1 spiro atoms. The second kappa shape index (κ2) is 5.50. The van der Waals surface area contributed by atoms with Crippen LogP contribution < -0.4 is 0 Å². The van der Waals surface area contributed by atoms with Gasteiger partial charge in [-0.1, -0.05) is 0 Å². The molecule has 0 aliphatic carbocycles. The van der Waals surface area contributed by atoms with E-state index in [4.69, 9.17) is 13.9 Å². The summed E-state index contributed by atoms with van der Waals surface area (Å²) >= 11 is 0. The average molecular weight is 294 g/mol. The summed E-state index contributed by atoms with van der Waals surface area (Å²) in [6.07, 6.45) is 1.47. The number of morpholine rings is 1. The lowest BCUT2D eigenvalue weighted by atomic mass is 10.0. The highest BCUT2D eigenvalue weighted by molar-refractivity contribution is 5.91. The molecule has 0 bridgehead atoms. The van der Waals surface area contributed by atoms with Crippen molar-refractivity contribution < 1.29 is 23.5 Å². The Labute approximate surface area is 122 Å². The number of nitrogens with zero attached hydrogens (tertiary/aromatic N) is 2. The van der Waals surface area contributed by atoms with Crippen LogP contribution >= 0.6 is 0 Å². The maximum Gasteiger partial charge on any atom is 0.289 e. The minimum atomic E-state index is -0.665. The fourth-order valence-corrected chi connectivity index (χ4v) is 2.71. The van der Waals surface area contributed by atoms with Crippen LogP contribution in [0.1, 0.15) is 10.6 Å². The van der Waals surface area contributed by atoms with E-state index in [9.17, 15) is 9.59 Å². The second-order valence-electron chi connectivity index (χ2n) is 5.48. The fourth-order valence-electron chi connectivity index (χ4n) is 2.71. The SMILES string of the molecule is CN1CC2(COCCN(C(=O)c3ccco3)C2)OCC1=O. The van der Waals surface area contributed by atoms with Crippen LogP contribution in [0.4, 0.5) is 0 Å². The third-order valence-corrected chi connectivity index (χ3v) is 3.82. The van der Waals surface area contributed by atoms with Gasteiger partial charge in [0, 0.05) is 13.6 Å². The number of hydrogen-bond donors (Lipinski definition) is 0. The van der Waals surface area contributed by atoms with Gasteiger partial charge in [0.1, 0.15) is 12.2 Å². The molecular weight excluding hydrogens is 276 g/mol. The summed E-state index contributed by atoms with van der Waals surface area (Å²) in [5.74, 6) is 0.0501. The number of hydrogen-bond acceptors (Lipinski definition) is 5. The van der Waals surface area contributed by atoms with Crippen molar-refractivity contribution in [1.29, 1.82) is 0 Å². The summed E-state index contributed by atoms with van der Waals surface area (Å²) in [5, 5.41) is 0. The molecule has 7 heteroatoms. The molecule has 0 radical (unpaired) electrons. The van der Waals surface area contributed by atoms with Gasteiger partial charge >= 0.3 is 0 Å². The lowest BCUT2D eigenvalue weighted by molar-refractivity contribution is -0.169. The molecule has 7 nitrogen and oxygen atoms in total. The summed E-state index contributed by atoms with van der Waals surface area (Å²) in [5.41, 5.74) is -0.665. The van der Waals surface area contributed by atoms with Crippen LogP contribution in [0, 0.1) is 0 Å². The van der Waals surface area contributed by atoms with E-state index >= 15 is 0 Å². The Kier molecular flexibility index (Phi) is 3.69. The minimum Gasteiger partial charge on any atom is -0.459 e. The van der Waals surface area contributed by atoms with E-state index in [-0.39, 0.29) is 18.4 Å². The van der Waals surface area contributed by atoms with Gasteiger partial charge in [0.05, 0.1) is 32.6 Å². The molecule has 2 saturated heterocycles. The third-order valence-electron chi connectivity index (χ3n) is 3.82. The summed E-state index contributed by atoms with van der Waals surface area (Å²) < 4.78 is 16.5. The number of carbonyl (C=O) groups excluding carboxylic acids is 2. The average Bonchev–Trinajstić information content (AvgIpc) is 2.93. The van der Waals surface area contributed by atoms with Crippen LogP contribution in [0.3, 0.4) is 0 Å². The molecule has 2 amide bonds. The third kappa shape index (κ3) is 2.79. The minimum absolute atomic E-state index is 0.0165. The van der Waals surface area contributed by atoms with Crippen molar-refractivity contribution in [2.24, 2.45) is 0 Å². The molecule has 3 heterocycles. The topological polar surface area (TPSA) is 72.2 Å². The molecule has 2 aliphatic rings. The zero-order valence-corrected chi connectivity index (χ0v) is 11.9. The van der Waals surface area contributed by atoms with E-state index in [0.717, 1.165) is 0 Å². The quantitative estimate of drug-likeness (QED) is 0.728. The van der Waals surface area contributed by atoms with E-state index in [1.54, 1.807) is 29.0 Å². The molecule has 1 unspecified atom stereocenters. The first-order chi connectivity index (χ1) is 10.1. The van der Waals surface area contributed by atoms with Crippen LogP contribution in [-0.2, 0) is 14.3 Å². The van der Waals surface area contributed by atoms with Gasteiger partial charge < -0.3 is 23.7 Å². The van der Waals surface area contributed by atoms with Gasteiger partial charge in [0.25, 0.3) is 5.91 Å².